The molecule has 2 heterocycles. The Kier molecular flexibility index (Phi) is 3.32. The van der Waals surface area contributed by atoms with Gasteiger partial charge in [-0.3, -0.25) is 4.79 Å². The Morgan fingerprint density at radius 3 is 2.64 bits per heavy atom. The van der Waals surface area contributed by atoms with Crippen molar-refractivity contribution in [3.05, 3.63) is 53.6 Å². The van der Waals surface area contributed by atoms with Crippen molar-refractivity contribution in [3.8, 4) is 17.2 Å². The van der Waals surface area contributed by atoms with Gasteiger partial charge in [0.1, 0.15) is 17.2 Å². The van der Waals surface area contributed by atoms with E-state index in [1.54, 1.807) is 24.3 Å². The maximum Gasteiger partial charge on any atom is 0.306 e. The highest BCUT2D eigenvalue weighted by atomic mass is 32.2. The molecule has 0 saturated carbocycles. The zero-order valence-electron chi connectivity index (χ0n) is 13.4. The summed E-state index contributed by atoms with van der Waals surface area (Å²) in [6.45, 7) is 0. The van der Waals surface area contributed by atoms with Gasteiger partial charge >= 0.3 is 10.1 Å². The van der Waals surface area contributed by atoms with Crippen LogP contribution in [0.1, 0.15) is 15.9 Å². The average molecular weight is 362 g/mol. The Balaban J connectivity index is 1.75. The second-order valence-electron chi connectivity index (χ2n) is 5.78. The summed E-state index contributed by atoms with van der Waals surface area (Å²) >= 11 is 0. The summed E-state index contributed by atoms with van der Waals surface area (Å²) in [5.41, 5.74) is -0.353. The van der Waals surface area contributed by atoms with Crippen LogP contribution in [-0.4, -0.2) is 33.9 Å². The highest BCUT2D eigenvalue weighted by molar-refractivity contribution is 7.86. The van der Waals surface area contributed by atoms with Gasteiger partial charge in [-0.05, 0) is 18.2 Å². The Labute approximate surface area is 144 Å². The fourth-order valence-corrected chi connectivity index (χ4v) is 3.45. The third kappa shape index (κ3) is 2.45. The topological polar surface area (TPSA) is 91.4 Å². The quantitative estimate of drug-likeness (QED) is 0.605. The summed E-state index contributed by atoms with van der Waals surface area (Å²) in [4.78, 5) is 13.0. The van der Waals surface area contributed by atoms with E-state index in [1.807, 2.05) is 0 Å². The number of hydrogen-bond acceptors (Lipinski definition) is 7. The number of para-hydroxylation sites is 1. The van der Waals surface area contributed by atoms with Gasteiger partial charge in [0.25, 0.3) is 0 Å². The van der Waals surface area contributed by atoms with Gasteiger partial charge in [0.05, 0.1) is 18.9 Å². The first kappa shape index (κ1) is 15.9. The number of carbonyl (C=O) groups is 1. The molecular weight excluding hydrogens is 348 g/mol. The van der Waals surface area contributed by atoms with E-state index >= 15 is 0 Å². The Morgan fingerprint density at radius 1 is 1.16 bits per heavy atom. The second-order valence-corrected chi connectivity index (χ2v) is 7.35. The van der Waals surface area contributed by atoms with Crippen LogP contribution in [0.2, 0.25) is 0 Å². The van der Waals surface area contributed by atoms with Crippen LogP contribution in [0.3, 0.4) is 0 Å². The van der Waals surface area contributed by atoms with Gasteiger partial charge in [0, 0.05) is 11.6 Å². The molecule has 2 aliphatic rings. The maximum atomic E-state index is 13.0. The first-order valence-corrected chi connectivity index (χ1v) is 9.23. The number of epoxide rings is 1. The van der Waals surface area contributed by atoms with E-state index in [2.05, 4.69) is 0 Å². The molecule has 0 radical (unpaired) electrons. The lowest BCUT2D eigenvalue weighted by Gasteiger charge is -2.21. The third-order valence-corrected chi connectivity index (χ3v) is 4.59. The number of rotatable bonds is 4. The van der Waals surface area contributed by atoms with Crippen LogP contribution in [0.15, 0.2) is 42.5 Å². The van der Waals surface area contributed by atoms with E-state index in [4.69, 9.17) is 18.4 Å². The summed E-state index contributed by atoms with van der Waals surface area (Å²) in [5.74, 6) is 0.551. The molecule has 2 atom stereocenters. The SMILES string of the molecule is COc1ccccc1[C@@]12O[C@@H]1Oc1cc(OS(C)(=O)=O)ccc1C2=O. The zero-order valence-corrected chi connectivity index (χ0v) is 14.2. The van der Waals surface area contributed by atoms with Gasteiger partial charge < -0.3 is 18.4 Å². The van der Waals surface area contributed by atoms with Gasteiger partial charge in [-0.1, -0.05) is 18.2 Å². The normalized spacial score (nSPS) is 23.9. The van der Waals surface area contributed by atoms with Crippen molar-refractivity contribution in [1.29, 1.82) is 0 Å². The largest absolute Gasteiger partial charge is 0.496 e. The molecule has 0 aliphatic carbocycles. The molecule has 0 aromatic heterocycles. The van der Waals surface area contributed by atoms with E-state index in [0.717, 1.165) is 6.26 Å². The molecule has 2 aromatic rings. The van der Waals surface area contributed by atoms with Gasteiger partial charge in [-0.25, -0.2) is 0 Å². The van der Waals surface area contributed by atoms with Crippen LogP contribution < -0.4 is 13.7 Å². The summed E-state index contributed by atoms with van der Waals surface area (Å²) in [7, 11) is -2.16. The molecule has 1 fully saturated rings. The molecule has 0 N–H and O–H groups in total. The first-order valence-electron chi connectivity index (χ1n) is 7.41. The smallest absolute Gasteiger partial charge is 0.306 e. The molecule has 1 saturated heterocycles. The minimum atomic E-state index is -3.67. The van der Waals surface area contributed by atoms with Crippen LogP contribution in [0.4, 0.5) is 0 Å². The zero-order chi connectivity index (χ0) is 17.8. The van der Waals surface area contributed by atoms with Crippen molar-refractivity contribution in [3.63, 3.8) is 0 Å². The van der Waals surface area contributed by atoms with E-state index in [-0.39, 0.29) is 17.3 Å². The lowest BCUT2D eigenvalue weighted by atomic mass is 9.87. The molecule has 0 unspecified atom stereocenters. The summed E-state index contributed by atoms with van der Waals surface area (Å²) < 4.78 is 44.0. The van der Waals surface area contributed by atoms with Crippen LogP contribution in [-0.2, 0) is 20.5 Å². The van der Waals surface area contributed by atoms with Crippen molar-refractivity contribution in [2.75, 3.05) is 13.4 Å². The number of benzene rings is 2. The minimum absolute atomic E-state index is 0.0690. The Bertz CT molecular complexity index is 982. The molecule has 2 aromatic carbocycles. The number of ether oxygens (including phenoxy) is 3. The third-order valence-electron chi connectivity index (χ3n) is 4.09. The lowest BCUT2D eigenvalue weighted by Crippen LogP contribution is -2.32. The highest BCUT2D eigenvalue weighted by Crippen LogP contribution is 2.56. The van der Waals surface area contributed by atoms with E-state index < -0.39 is 22.0 Å². The van der Waals surface area contributed by atoms with Crippen molar-refractivity contribution in [2.24, 2.45) is 0 Å². The maximum absolute atomic E-state index is 13.0. The summed E-state index contributed by atoms with van der Waals surface area (Å²) in [5, 5.41) is 0. The van der Waals surface area contributed by atoms with Crippen LogP contribution in [0.25, 0.3) is 0 Å². The predicted molar refractivity (Wildman–Crippen MR) is 86.4 cm³/mol. The van der Waals surface area contributed by atoms with E-state index in [9.17, 15) is 13.2 Å². The number of carbonyl (C=O) groups excluding carboxylic acids is 1. The molecule has 7 nitrogen and oxygen atoms in total. The number of hydrogen-bond donors (Lipinski definition) is 0. The first-order chi connectivity index (χ1) is 11.8. The Morgan fingerprint density at radius 2 is 1.92 bits per heavy atom. The predicted octanol–water partition coefficient (Wildman–Crippen LogP) is 1.86. The van der Waals surface area contributed by atoms with E-state index in [1.165, 1.54) is 25.3 Å². The van der Waals surface area contributed by atoms with Crippen LogP contribution in [0, 0.1) is 0 Å². The van der Waals surface area contributed by atoms with Crippen molar-refractivity contribution >= 4 is 15.9 Å². The Hall–Kier alpha value is -2.58. The minimum Gasteiger partial charge on any atom is -0.496 e. The van der Waals surface area contributed by atoms with Gasteiger partial charge in [-0.15, -0.1) is 0 Å². The molecular formula is C17H14O7S. The number of ketones is 1. The monoisotopic (exact) mass is 362 g/mol. The van der Waals surface area contributed by atoms with Crippen molar-refractivity contribution < 1.29 is 31.6 Å². The molecule has 0 bridgehead atoms. The highest BCUT2D eigenvalue weighted by Gasteiger charge is 2.70. The summed E-state index contributed by atoms with van der Waals surface area (Å²) in [6.07, 6.45) is 0.145. The number of methoxy groups -OCH3 is 1. The van der Waals surface area contributed by atoms with Crippen molar-refractivity contribution in [2.45, 2.75) is 11.9 Å². The average Bonchev–Trinajstić information content (AvgIpc) is 3.29. The molecule has 0 spiro atoms. The van der Waals surface area contributed by atoms with Crippen LogP contribution >= 0.6 is 0 Å². The fraction of sp³-hybridized carbons (Fsp3) is 0.235. The second kappa shape index (κ2) is 5.21. The molecule has 0 amide bonds. The lowest BCUT2D eigenvalue weighted by molar-refractivity contribution is 0.0860. The standard InChI is InChI=1S/C17H14O7S/c1-21-13-6-4-3-5-12(13)17-15(18)11-8-7-10(24-25(2,19)20)9-14(11)22-16(17)23-17/h3-9,16H,1-2H3/t16-,17-/m0/s1. The fourth-order valence-electron chi connectivity index (χ4n) is 3.00. The molecule has 8 heteroatoms. The van der Waals surface area contributed by atoms with Gasteiger partial charge in [0.15, 0.2) is 0 Å². The number of fused-ring (bicyclic) bond motifs is 2. The van der Waals surface area contributed by atoms with E-state index in [0.29, 0.717) is 16.9 Å². The van der Waals surface area contributed by atoms with Crippen molar-refractivity contribution in [1.82, 2.24) is 0 Å². The van der Waals surface area contributed by atoms with Gasteiger partial charge in [-0.2, -0.15) is 8.42 Å². The molecule has 25 heavy (non-hydrogen) atoms. The molecule has 2 aliphatic heterocycles. The summed E-state index contributed by atoms with van der Waals surface area (Å²) in [6, 6.07) is 11.3. The molecule has 130 valence electrons. The number of Topliss-reactive ketones (excluding diaryl/α,β-unsaturated/α-hetero) is 1. The van der Waals surface area contributed by atoms with Crippen LogP contribution in [0.5, 0.6) is 17.2 Å². The molecule has 4 rings (SSSR count). The van der Waals surface area contributed by atoms with Gasteiger partial charge in [0.2, 0.25) is 17.7 Å².